The van der Waals surface area contributed by atoms with Gasteiger partial charge in [-0.3, -0.25) is 4.79 Å². The summed E-state index contributed by atoms with van der Waals surface area (Å²) in [4.78, 5) is 11.5. The summed E-state index contributed by atoms with van der Waals surface area (Å²) in [6.45, 7) is 4.29. The SMILES string of the molecule is Cc1cc(CNCC(C(=O)O)C2CCOCC2)ccc1C#N. The number of nitrogens with one attached hydrogen (secondary N) is 1. The molecule has 1 aliphatic rings. The maximum Gasteiger partial charge on any atom is 0.308 e. The van der Waals surface area contributed by atoms with Crippen molar-refractivity contribution in [3.05, 3.63) is 34.9 Å². The lowest BCUT2D eigenvalue weighted by atomic mass is 9.86. The molecule has 1 aromatic carbocycles. The number of benzene rings is 1. The Morgan fingerprint density at radius 1 is 1.50 bits per heavy atom. The molecule has 2 rings (SSSR count). The van der Waals surface area contributed by atoms with Crippen molar-refractivity contribution in [2.75, 3.05) is 19.8 Å². The van der Waals surface area contributed by atoms with Gasteiger partial charge in [0.25, 0.3) is 0 Å². The van der Waals surface area contributed by atoms with Crippen LogP contribution >= 0.6 is 0 Å². The zero-order chi connectivity index (χ0) is 15.9. The van der Waals surface area contributed by atoms with Gasteiger partial charge in [0.05, 0.1) is 17.6 Å². The van der Waals surface area contributed by atoms with Crippen LogP contribution in [0.5, 0.6) is 0 Å². The Balaban J connectivity index is 1.89. The van der Waals surface area contributed by atoms with Gasteiger partial charge in [0, 0.05) is 26.3 Å². The Hall–Kier alpha value is -1.90. The number of carboxylic acids is 1. The maximum absolute atomic E-state index is 11.5. The smallest absolute Gasteiger partial charge is 0.308 e. The van der Waals surface area contributed by atoms with Crippen LogP contribution in [-0.4, -0.2) is 30.8 Å². The molecule has 1 aliphatic heterocycles. The number of hydrogen-bond acceptors (Lipinski definition) is 4. The number of hydrogen-bond donors (Lipinski definition) is 2. The number of ether oxygens (including phenoxy) is 1. The number of nitriles is 1. The van der Waals surface area contributed by atoms with Gasteiger partial charge in [-0.1, -0.05) is 12.1 Å². The molecule has 5 heteroatoms. The highest BCUT2D eigenvalue weighted by Crippen LogP contribution is 2.23. The van der Waals surface area contributed by atoms with Crippen molar-refractivity contribution in [1.82, 2.24) is 5.32 Å². The average Bonchev–Trinajstić information content (AvgIpc) is 2.52. The summed E-state index contributed by atoms with van der Waals surface area (Å²) in [5.41, 5.74) is 2.68. The first-order valence-electron chi connectivity index (χ1n) is 7.62. The summed E-state index contributed by atoms with van der Waals surface area (Å²) in [5, 5.41) is 21.6. The number of rotatable bonds is 6. The van der Waals surface area contributed by atoms with E-state index in [2.05, 4.69) is 11.4 Å². The maximum atomic E-state index is 11.5. The topological polar surface area (TPSA) is 82.3 Å². The Morgan fingerprint density at radius 2 is 2.23 bits per heavy atom. The van der Waals surface area contributed by atoms with Gasteiger partial charge in [-0.2, -0.15) is 5.26 Å². The van der Waals surface area contributed by atoms with Crippen molar-refractivity contribution in [2.45, 2.75) is 26.3 Å². The molecule has 0 saturated carbocycles. The quantitative estimate of drug-likeness (QED) is 0.840. The van der Waals surface area contributed by atoms with Gasteiger partial charge in [-0.05, 0) is 42.9 Å². The Labute approximate surface area is 130 Å². The molecule has 1 saturated heterocycles. The first-order chi connectivity index (χ1) is 10.6. The normalized spacial score (nSPS) is 16.9. The predicted molar refractivity (Wildman–Crippen MR) is 82.3 cm³/mol. The van der Waals surface area contributed by atoms with Crippen LogP contribution < -0.4 is 5.32 Å². The summed E-state index contributed by atoms with van der Waals surface area (Å²) in [6.07, 6.45) is 1.63. The second kappa shape index (κ2) is 7.92. The molecule has 0 spiro atoms. The number of nitrogens with zero attached hydrogens (tertiary/aromatic N) is 1. The van der Waals surface area contributed by atoms with E-state index in [1.807, 2.05) is 19.1 Å². The number of aryl methyl sites for hydroxylation is 1. The average molecular weight is 302 g/mol. The number of carboxylic acid groups (broad SMARTS) is 1. The molecule has 1 heterocycles. The van der Waals surface area contributed by atoms with Crippen molar-refractivity contribution in [2.24, 2.45) is 11.8 Å². The van der Waals surface area contributed by atoms with E-state index in [-0.39, 0.29) is 11.8 Å². The van der Waals surface area contributed by atoms with E-state index in [0.717, 1.165) is 24.0 Å². The lowest BCUT2D eigenvalue weighted by Gasteiger charge is -2.27. The summed E-state index contributed by atoms with van der Waals surface area (Å²) >= 11 is 0. The zero-order valence-electron chi connectivity index (χ0n) is 12.8. The third-order valence-electron chi connectivity index (χ3n) is 4.26. The molecule has 0 aliphatic carbocycles. The molecule has 1 unspecified atom stereocenters. The fourth-order valence-electron chi connectivity index (χ4n) is 2.91. The van der Waals surface area contributed by atoms with Gasteiger partial charge in [0.2, 0.25) is 0 Å². The summed E-state index contributed by atoms with van der Waals surface area (Å²) in [6, 6.07) is 7.82. The predicted octanol–water partition coefficient (Wildman–Crippen LogP) is 2.08. The summed E-state index contributed by atoms with van der Waals surface area (Å²) < 4.78 is 5.30. The van der Waals surface area contributed by atoms with Gasteiger partial charge in [0.15, 0.2) is 0 Å². The lowest BCUT2D eigenvalue weighted by molar-refractivity contribution is -0.144. The largest absolute Gasteiger partial charge is 0.481 e. The molecule has 1 aromatic rings. The minimum atomic E-state index is -0.740. The Morgan fingerprint density at radius 3 is 2.82 bits per heavy atom. The fraction of sp³-hybridized carbons (Fsp3) is 0.529. The highest BCUT2D eigenvalue weighted by Gasteiger charge is 2.29. The number of aliphatic carboxylic acids is 1. The summed E-state index contributed by atoms with van der Waals surface area (Å²) in [7, 11) is 0. The Bertz CT molecular complexity index is 560. The minimum absolute atomic E-state index is 0.182. The first kappa shape index (κ1) is 16.5. The lowest BCUT2D eigenvalue weighted by Crippen LogP contribution is -2.36. The first-order valence-corrected chi connectivity index (χ1v) is 7.62. The third kappa shape index (κ3) is 4.30. The highest BCUT2D eigenvalue weighted by atomic mass is 16.5. The minimum Gasteiger partial charge on any atom is -0.481 e. The standard InChI is InChI=1S/C17H22N2O3/c1-12-8-13(2-3-15(12)9-18)10-19-11-16(17(20)21)14-4-6-22-7-5-14/h2-3,8,14,16,19H,4-7,10-11H2,1H3,(H,20,21). The summed E-state index contributed by atoms with van der Waals surface area (Å²) in [5.74, 6) is -0.930. The van der Waals surface area contributed by atoms with E-state index in [1.165, 1.54) is 0 Å². The highest BCUT2D eigenvalue weighted by molar-refractivity contribution is 5.70. The molecule has 0 radical (unpaired) electrons. The van der Waals surface area contributed by atoms with Crippen LogP contribution in [0, 0.1) is 30.1 Å². The van der Waals surface area contributed by atoms with E-state index in [0.29, 0.717) is 31.9 Å². The van der Waals surface area contributed by atoms with Crippen molar-refractivity contribution >= 4 is 5.97 Å². The van der Waals surface area contributed by atoms with Gasteiger partial charge in [-0.25, -0.2) is 0 Å². The van der Waals surface area contributed by atoms with Crippen LogP contribution in [0.4, 0.5) is 0 Å². The van der Waals surface area contributed by atoms with E-state index >= 15 is 0 Å². The van der Waals surface area contributed by atoms with Gasteiger partial charge >= 0.3 is 5.97 Å². The third-order valence-corrected chi connectivity index (χ3v) is 4.26. The molecular formula is C17H22N2O3. The van der Waals surface area contributed by atoms with Crippen molar-refractivity contribution in [3.63, 3.8) is 0 Å². The van der Waals surface area contributed by atoms with Crippen LogP contribution in [0.2, 0.25) is 0 Å². The second-order valence-corrected chi connectivity index (χ2v) is 5.79. The van der Waals surface area contributed by atoms with E-state index in [9.17, 15) is 9.90 Å². The molecule has 1 fully saturated rings. The van der Waals surface area contributed by atoms with Crippen LogP contribution in [-0.2, 0) is 16.1 Å². The van der Waals surface area contributed by atoms with Crippen LogP contribution in [0.1, 0.15) is 29.5 Å². The van der Waals surface area contributed by atoms with E-state index < -0.39 is 5.97 Å². The van der Waals surface area contributed by atoms with Crippen LogP contribution in [0.25, 0.3) is 0 Å². The second-order valence-electron chi connectivity index (χ2n) is 5.79. The molecule has 0 amide bonds. The molecule has 0 aromatic heterocycles. The van der Waals surface area contributed by atoms with Crippen molar-refractivity contribution in [1.29, 1.82) is 5.26 Å². The van der Waals surface area contributed by atoms with Crippen LogP contribution in [0.15, 0.2) is 18.2 Å². The molecule has 5 nitrogen and oxygen atoms in total. The van der Waals surface area contributed by atoms with E-state index in [4.69, 9.17) is 10.00 Å². The monoisotopic (exact) mass is 302 g/mol. The van der Waals surface area contributed by atoms with Crippen molar-refractivity contribution in [3.8, 4) is 6.07 Å². The van der Waals surface area contributed by atoms with E-state index in [1.54, 1.807) is 6.07 Å². The van der Waals surface area contributed by atoms with Gasteiger partial charge in [0.1, 0.15) is 0 Å². The zero-order valence-corrected chi connectivity index (χ0v) is 12.8. The van der Waals surface area contributed by atoms with Crippen molar-refractivity contribution < 1.29 is 14.6 Å². The van der Waals surface area contributed by atoms with Gasteiger partial charge < -0.3 is 15.2 Å². The molecular weight excluding hydrogens is 280 g/mol. The fourth-order valence-corrected chi connectivity index (χ4v) is 2.91. The van der Waals surface area contributed by atoms with Gasteiger partial charge in [-0.15, -0.1) is 0 Å². The Kier molecular flexibility index (Phi) is 5.93. The number of carbonyl (C=O) groups is 1. The van der Waals surface area contributed by atoms with Crippen LogP contribution in [0.3, 0.4) is 0 Å². The molecule has 1 atom stereocenters. The molecule has 118 valence electrons. The molecule has 22 heavy (non-hydrogen) atoms. The molecule has 2 N–H and O–H groups in total. The molecule has 0 bridgehead atoms.